The second kappa shape index (κ2) is 7.63. The summed E-state index contributed by atoms with van der Waals surface area (Å²) in [4.78, 5) is 25.7. The van der Waals surface area contributed by atoms with Gasteiger partial charge in [-0.15, -0.1) is 0 Å². The summed E-state index contributed by atoms with van der Waals surface area (Å²) in [6.07, 6.45) is 5.88. The first-order valence-electron chi connectivity index (χ1n) is 7.38. The van der Waals surface area contributed by atoms with Crippen LogP contribution in [-0.2, 0) is 14.3 Å². The van der Waals surface area contributed by atoms with Gasteiger partial charge in [-0.2, -0.15) is 0 Å². The molecule has 6 heteroatoms. The van der Waals surface area contributed by atoms with E-state index in [9.17, 15) is 9.59 Å². The molecule has 0 saturated carbocycles. The molecule has 1 aromatic heterocycles. The van der Waals surface area contributed by atoms with E-state index in [1.807, 2.05) is 18.7 Å². The molecule has 0 aromatic carbocycles. The molecule has 120 valence electrons. The van der Waals surface area contributed by atoms with Gasteiger partial charge in [-0.05, 0) is 67.2 Å². The molecule has 0 N–H and O–H groups in total. The molecular weight excluding hydrogens is 350 g/mol. The van der Waals surface area contributed by atoms with Gasteiger partial charge in [0.15, 0.2) is 11.3 Å². The van der Waals surface area contributed by atoms with Crippen molar-refractivity contribution in [3.63, 3.8) is 0 Å². The number of amides is 1. The predicted octanol–water partition coefficient (Wildman–Crippen LogP) is 3.39. The molecule has 2 heterocycles. The number of nitrogens with zero attached hydrogens (tertiary/aromatic N) is 1. The Labute approximate surface area is 138 Å². The molecular formula is C16H20BrNO4. The van der Waals surface area contributed by atoms with Crippen molar-refractivity contribution in [1.29, 1.82) is 0 Å². The first-order valence-corrected chi connectivity index (χ1v) is 8.18. The lowest BCUT2D eigenvalue weighted by Crippen LogP contribution is -2.49. The predicted molar refractivity (Wildman–Crippen MR) is 86.0 cm³/mol. The third-order valence-electron chi connectivity index (χ3n) is 3.80. The van der Waals surface area contributed by atoms with Crippen LogP contribution >= 0.6 is 15.9 Å². The first kappa shape index (κ1) is 16.8. The van der Waals surface area contributed by atoms with Crippen LogP contribution in [0.5, 0.6) is 0 Å². The molecule has 1 amide bonds. The SMILES string of the molecule is C[C@@H]1CCC[C@H](C)N1C(=O)COC(=O)C=Cc1ccc(Br)o1. The van der Waals surface area contributed by atoms with Crippen LogP contribution in [-0.4, -0.2) is 35.5 Å². The molecule has 1 fully saturated rings. The average molecular weight is 370 g/mol. The molecule has 1 aromatic rings. The van der Waals surface area contributed by atoms with Gasteiger partial charge in [0.1, 0.15) is 5.76 Å². The van der Waals surface area contributed by atoms with E-state index >= 15 is 0 Å². The number of hydrogen-bond acceptors (Lipinski definition) is 4. The maximum atomic E-state index is 12.2. The summed E-state index contributed by atoms with van der Waals surface area (Å²) in [5, 5.41) is 0. The summed E-state index contributed by atoms with van der Waals surface area (Å²) in [6, 6.07) is 3.85. The summed E-state index contributed by atoms with van der Waals surface area (Å²) < 4.78 is 10.8. The first-order chi connectivity index (χ1) is 10.5. The third-order valence-corrected chi connectivity index (χ3v) is 4.22. The number of rotatable bonds is 4. The van der Waals surface area contributed by atoms with Crippen LogP contribution in [0, 0.1) is 0 Å². The van der Waals surface area contributed by atoms with E-state index in [1.54, 1.807) is 12.1 Å². The third kappa shape index (κ3) is 4.47. The van der Waals surface area contributed by atoms with Gasteiger partial charge >= 0.3 is 5.97 Å². The molecule has 0 aliphatic carbocycles. The Morgan fingerprint density at radius 2 is 2.05 bits per heavy atom. The molecule has 5 nitrogen and oxygen atoms in total. The fourth-order valence-electron chi connectivity index (χ4n) is 2.74. The van der Waals surface area contributed by atoms with Crippen LogP contribution in [0.4, 0.5) is 0 Å². The molecule has 22 heavy (non-hydrogen) atoms. The molecule has 2 rings (SSSR count). The zero-order valence-corrected chi connectivity index (χ0v) is 14.3. The van der Waals surface area contributed by atoms with Crippen LogP contribution in [0.2, 0.25) is 0 Å². The number of likely N-dealkylation sites (tertiary alicyclic amines) is 1. The number of hydrogen-bond donors (Lipinski definition) is 0. The lowest BCUT2D eigenvalue weighted by molar-refractivity contribution is -0.151. The van der Waals surface area contributed by atoms with Crippen molar-refractivity contribution in [2.45, 2.75) is 45.2 Å². The van der Waals surface area contributed by atoms with Gasteiger partial charge in [0.25, 0.3) is 5.91 Å². The molecule has 2 atom stereocenters. The van der Waals surface area contributed by atoms with E-state index in [1.165, 1.54) is 12.2 Å². The highest BCUT2D eigenvalue weighted by Crippen LogP contribution is 2.22. The van der Waals surface area contributed by atoms with Gasteiger partial charge < -0.3 is 14.1 Å². The average Bonchev–Trinajstić information content (AvgIpc) is 2.88. The molecule has 0 spiro atoms. The Morgan fingerprint density at radius 1 is 1.36 bits per heavy atom. The lowest BCUT2D eigenvalue weighted by Gasteiger charge is -2.38. The minimum Gasteiger partial charge on any atom is -0.452 e. The fraction of sp³-hybridized carbons (Fsp3) is 0.500. The van der Waals surface area contributed by atoms with Crippen molar-refractivity contribution in [3.8, 4) is 0 Å². The molecule has 1 aliphatic rings. The second-order valence-electron chi connectivity index (χ2n) is 5.51. The van der Waals surface area contributed by atoms with Crippen LogP contribution < -0.4 is 0 Å². The summed E-state index contributed by atoms with van der Waals surface area (Å²) in [5.74, 6) is -0.159. The highest BCUT2D eigenvalue weighted by molar-refractivity contribution is 9.10. The number of furan rings is 1. The summed E-state index contributed by atoms with van der Waals surface area (Å²) >= 11 is 3.18. The van der Waals surface area contributed by atoms with E-state index in [0.29, 0.717) is 10.4 Å². The second-order valence-corrected chi connectivity index (χ2v) is 6.29. The maximum absolute atomic E-state index is 12.2. The number of piperidine rings is 1. The van der Waals surface area contributed by atoms with Crippen LogP contribution in [0.25, 0.3) is 6.08 Å². The molecule has 1 aliphatic heterocycles. The molecule has 0 bridgehead atoms. The normalized spacial score (nSPS) is 22.0. The number of esters is 1. The molecule has 1 saturated heterocycles. The van der Waals surface area contributed by atoms with Crippen LogP contribution in [0.1, 0.15) is 38.9 Å². The van der Waals surface area contributed by atoms with Gasteiger partial charge in [0.2, 0.25) is 0 Å². The topological polar surface area (TPSA) is 59.8 Å². The highest BCUT2D eigenvalue weighted by Gasteiger charge is 2.29. The number of halogens is 1. The van der Waals surface area contributed by atoms with Gasteiger partial charge in [0.05, 0.1) is 0 Å². The van der Waals surface area contributed by atoms with Gasteiger partial charge in [0, 0.05) is 18.2 Å². The Morgan fingerprint density at radius 3 is 2.64 bits per heavy atom. The minimum absolute atomic E-state index is 0.137. The van der Waals surface area contributed by atoms with Crippen molar-refractivity contribution in [2.24, 2.45) is 0 Å². The fourth-order valence-corrected chi connectivity index (χ4v) is 3.06. The Bertz CT molecular complexity index is 556. The number of carbonyl (C=O) groups excluding carboxylic acids is 2. The largest absolute Gasteiger partial charge is 0.452 e. The van der Waals surface area contributed by atoms with Crippen molar-refractivity contribution in [1.82, 2.24) is 4.90 Å². The maximum Gasteiger partial charge on any atom is 0.331 e. The number of carbonyl (C=O) groups is 2. The van der Waals surface area contributed by atoms with Gasteiger partial charge in [-0.3, -0.25) is 4.79 Å². The van der Waals surface area contributed by atoms with Gasteiger partial charge in [-0.25, -0.2) is 4.79 Å². The van der Waals surface area contributed by atoms with Crippen molar-refractivity contribution in [2.75, 3.05) is 6.61 Å². The molecule has 0 radical (unpaired) electrons. The van der Waals surface area contributed by atoms with E-state index < -0.39 is 5.97 Å². The summed E-state index contributed by atoms with van der Waals surface area (Å²) in [7, 11) is 0. The highest BCUT2D eigenvalue weighted by atomic mass is 79.9. The lowest BCUT2D eigenvalue weighted by atomic mass is 9.97. The minimum atomic E-state index is -0.557. The smallest absolute Gasteiger partial charge is 0.331 e. The Hall–Kier alpha value is -1.56. The Balaban J connectivity index is 1.82. The van der Waals surface area contributed by atoms with Gasteiger partial charge in [-0.1, -0.05) is 0 Å². The van der Waals surface area contributed by atoms with Crippen LogP contribution in [0.15, 0.2) is 27.3 Å². The monoisotopic (exact) mass is 369 g/mol. The number of ether oxygens (including phenoxy) is 1. The standard InChI is InChI=1S/C16H20BrNO4/c1-11-4-3-5-12(2)18(11)15(19)10-21-16(20)9-7-13-6-8-14(17)22-13/h6-9,11-12H,3-5,10H2,1-2H3/t11-,12+. The van der Waals surface area contributed by atoms with Crippen molar-refractivity contribution < 1.29 is 18.7 Å². The van der Waals surface area contributed by atoms with Crippen LogP contribution in [0.3, 0.4) is 0 Å². The zero-order valence-electron chi connectivity index (χ0n) is 12.8. The van der Waals surface area contributed by atoms with E-state index in [-0.39, 0.29) is 24.6 Å². The quantitative estimate of drug-likeness (QED) is 0.602. The zero-order chi connectivity index (χ0) is 16.1. The molecule has 0 unspecified atom stereocenters. The Kier molecular flexibility index (Phi) is 5.83. The summed E-state index contributed by atoms with van der Waals surface area (Å²) in [6.45, 7) is 3.84. The van der Waals surface area contributed by atoms with E-state index in [0.717, 1.165) is 19.3 Å². The van der Waals surface area contributed by atoms with Crippen molar-refractivity contribution >= 4 is 33.9 Å². The van der Waals surface area contributed by atoms with E-state index in [4.69, 9.17) is 9.15 Å². The summed E-state index contributed by atoms with van der Waals surface area (Å²) in [5.41, 5.74) is 0. The van der Waals surface area contributed by atoms with E-state index in [2.05, 4.69) is 15.9 Å². The van der Waals surface area contributed by atoms with Crippen molar-refractivity contribution in [3.05, 3.63) is 28.6 Å².